The molecule has 1 aromatic heterocycles. The second kappa shape index (κ2) is 6.70. The Labute approximate surface area is 118 Å². The number of rotatable bonds is 5. The number of pyridine rings is 1. The predicted octanol–water partition coefficient (Wildman–Crippen LogP) is 2.73. The van der Waals surface area contributed by atoms with Crippen molar-refractivity contribution in [2.45, 2.75) is 26.0 Å². The second-order valence-electron chi connectivity index (χ2n) is 4.58. The van der Waals surface area contributed by atoms with Crippen LogP contribution in [0.5, 0.6) is 5.75 Å². The van der Waals surface area contributed by atoms with Gasteiger partial charge >= 0.3 is 0 Å². The molecule has 2 aromatic rings. The number of nitrogens with zero attached hydrogens (tertiary/aromatic N) is 1. The Morgan fingerprint density at radius 1 is 1.10 bits per heavy atom. The smallest absolute Gasteiger partial charge is 0.261 e. The molecule has 0 bridgehead atoms. The van der Waals surface area contributed by atoms with E-state index in [0.717, 1.165) is 5.56 Å². The Morgan fingerprint density at radius 2 is 1.75 bits per heavy atom. The zero-order valence-electron chi connectivity index (χ0n) is 11.6. The van der Waals surface area contributed by atoms with Crippen LogP contribution in [-0.4, -0.2) is 17.0 Å². The average Bonchev–Trinajstić information content (AvgIpc) is 2.49. The van der Waals surface area contributed by atoms with Crippen LogP contribution in [0.15, 0.2) is 54.9 Å². The van der Waals surface area contributed by atoms with E-state index in [2.05, 4.69) is 10.3 Å². The average molecular weight is 270 g/mol. The number of aromatic nitrogens is 1. The summed E-state index contributed by atoms with van der Waals surface area (Å²) in [4.78, 5) is 16.0. The third kappa shape index (κ3) is 3.82. The fourth-order valence-corrected chi connectivity index (χ4v) is 1.82. The SMILES string of the molecule is CC(Oc1ccccc1)C(=O)NC(C)c1ccncc1. The van der Waals surface area contributed by atoms with Gasteiger partial charge in [-0.25, -0.2) is 0 Å². The van der Waals surface area contributed by atoms with Gasteiger partial charge in [-0.3, -0.25) is 9.78 Å². The van der Waals surface area contributed by atoms with Gasteiger partial charge in [-0.1, -0.05) is 18.2 Å². The third-order valence-electron chi connectivity index (χ3n) is 2.99. The third-order valence-corrected chi connectivity index (χ3v) is 2.99. The highest BCUT2D eigenvalue weighted by atomic mass is 16.5. The summed E-state index contributed by atoms with van der Waals surface area (Å²) in [5.74, 6) is 0.546. The molecule has 0 aliphatic carbocycles. The molecule has 0 spiro atoms. The van der Waals surface area contributed by atoms with Crippen molar-refractivity contribution in [3.8, 4) is 5.75 Å². The van der Waals surface area contributed by atoms with E-state index in [4.69, 9.17) is 4.74 Å². The van der Waals surface area contributed by atoms with Gasteiger partial charge in [-0.2, -0.15) is 0 Å². The number of carbonyl (C=O) groups is 1. The van der Waals surface area contributed by atoms with Crippen molar-refractivity contribution < 1.29 is 9.53 Å². The fourth-order valence-electron chi connectivity index (χ4n) is 1.82. The molecule has 2 rings (SSSR count). The lowest BCUT2D eigenvalue weighted by Crippen LogP contribution is -2.37. The molecule has 0 saturated heterocycles. The Bertz CT molecular complexity index is 543. The maximum absolute atomic E-state index is 12.1. The van der Waals surface area contributed by atoms with Crippen LogP contribution in [-0.2, 0) is 4.79 Å². The van der Waals surface area contributed by atoms with Gasteiger partial charge in [0.25, 0.3) is 5.91 Å². The van der Waals surface area contributed by atoms with Crippen molar-refractivity contribution in [3.63, 3.8) is 0 Å². The molecule has 4 heteroatoms. The zero-order valence-corrected chi connectivity index (χ0v) is 11.6. The van der Waals surface area contributed by atoms with Crippen LogP contribution in [0.25, 0.3) is 0 Å². The maximum atomic E-state index is 12.1. The summed E-state index contributed by atoms with van der Waals surface area (Å²) in [5.41, 5.74) is 1.01. The lowest BCUT2D eigenvalue weighted by molar-refractivity contribution is -0.127. The van der Waals surface area contributed by atoms with Crippen molar-refractivity contribution in [2.24, 2.45) is 0 Å². The van der Waals surface area contributed by atoms with Crippen LogP contribution >= 0.6 is 0 Å². The lowest BCUT2D eigenvalue weighted by Gasteiger charge is -2.18. The first kappa shape index (κ1) is 14.1. The minimum absolute atomic E-state index is 0.0766. The van der Waals surface area contributed by atoms with Gasteiger partial charge in [0, 0.05) is 12.4 Å². The van der Waals surface area contributed by atoms with Gasteiger partial charge in [0.05, 0.1) is 6.04 Å². The topological polar surface area (TPSA) is 51.2 Å². The number of para-hydroxylation sites is 1. The van der Waals surface area contributed by atoms with E-state index >= 15 is 0 Å². The molecule has 0 saturated carbocycles. The van der Waals surface area contributed by atoms with E-state index in [-0.39, 0.29) is 11.9 Å². The van der Waals surface area contributed by atoms with Gasteiger partial charge in [0.2, 0.25) is 0 Å². The normalized spacial score (nSPS) is 13.3. The van der Waals surface area contributed by atoms with Crippen molar-refractivity contribution in [1.29, 1.82) is 0 Å². The minimum Gasteiger partial charge on any atom is -0.481 e. The number of benzene rings is 1. The number of amides is 1. The first-order chi connectivity index (χ1) is 9.66. The standard InChI is InChI=1S/C16H18N2O2/c1-12(14-8-10-17-11-9-14)18-16(19)13(2)20-15-6-4-3-5-7-15/h3-13H,1-2H3,(H,18,19). The molecule has 4 nitrogen and oxygen atoms in total. The molecular weight excluding hydrogens is 252 g/mol. The van der Waals surface area contributed by atoms with Gasteiger partial charge in [-0.05, 0) is 43.7 Å². The lowest BCUT2D eigenvalue weighted by atomic mass is 10.1. The zero-order chi connectivity index (χ0) is 14.4. The van der Waals surface area contributed by atoms with E-state index in [0.29, 0.717) is 5.75 Å². The molecule has 1 amide bonds. The molecule has 2 atom stereocenters. The molecule has 0 aliphatic rings. The molecular formula is C16H18N2O2. The Kier molecular flexibility index (Phi) is 4.71. The Hall–Kier alpha value is -2.36. The van der Waals surface area contributed by atoms with Crippen molar-refractivity contribution >= 4 is 5.91 Å². The summed E-state index contributed by atoms with van der Waals surface area (Å²) in [7, 11) is 0. The number of nitrogens with one attached hydrogen (secondary N) is 1. The molecule has 0 aliphatic heterocycles. The predicted molar refractivity (Wildman–Crippen MR) is 77.3 cm³/mol. The van der Waals surface area contributed by atoms with Crippen molar-refractivity contribution in [3.05, 3.63) is 60.4 Å². The van der Waals surface area contributed by atoms with E-state index in [1.54, 1.807) is 19.3 Å². The highest BCUT2D eigenvalue weighted by Crippen LogP contribution is 2.13. The first-order valence-electron chi connectivity index (χ1n) is 6.59. The summed E-state index contributed by atoms with van der Waals surface area (Å²) in [6.45, 7) is 3.67. The summed E-state index contributed by atoms with van der Waals surface area (Å²) in [5, 5.41) is 2.92. The molecule has 2 unspecified atom stereocenters. The first-order valence-corrected chi connectivity index (χ1v) is 6.59. The van der Waals surface area contributed by atoms with Gasteiger partial charge in [-0.15, -0.1) is 0 Å². The quantitative estimate of drug-likeness (QED) is 0.909. The summed E-state index contributed by atoms with van der Waals surface area (Å²) < 4.78 is 5.59. The monoisotopic (exact) mass is 270 g/mol. The highest BCUT2D eigenvalue weighted by Gasteiger charge is 2.17. The van der Waals surface area contributed by atoms with Crippen LogP contribution < -0.4 is 10.1 Å². The van der Waals surface area contributed by atoms with E-state index in [1.165, 1.54) is 0 Å². The minimum atomic E-state index is -0.540. The van der Waals surface area contributed by atoms with Crippen molar-refractivity contribution in [2.75, 3.05) is 0 Å². The molecule has 1 aromatic carbocycles. The summed E-state index contributed by atoms with van der Waals surface area (Å²) in [6, 6.07) is 13.0. The highest BCUT2D eigenvalue weighted by molar-refractivity contribution is 5.81. The van der Waals surface area contributed by atoms with Crippen molar-refractivity contribution in [1.82, 2.24) is 10.3 Å². The molecule has 0 radical (unpaired) electrons. The number of hydrogen-bond donors (Lipinski definition) is 1. The molecule has 20 heavy (non-hydrogen) atoms. The summed E-state index contributed by atoms with van der Waals surface area (Å²) in [6.07, 6.45) is 2.88. The second-order valence-corrected chi connectivity index (χ2v) is 4.58. The van der Waals surface area contributed by atoms with E-state index in [9.17, 15) is 4.79 Å². The molecule has 104 valence electrons. The number of carbonyl (C=O) groups excluding carboxylic acids is 1. The Morgan fingerprint density at radius 3 is 2.40 bits per heavy atom. The van der Waals surface area contributed by atoms with Gasteiger partial charge in [0.15, 0.2) is 6.10 Å². The van der Waals surface area contributed by atoms with Crippen LogP contribution in [0.2, 0.25) is 0 Å². The maximum Gasteiger partial charge on any atom is 0.261 e. The number of ether oxygens (including phenoxy) is 1. The van der Waals surface area contributed by atoms with E-state index < -0.39 is 6.10 Å². The van der Waals surface area contributed by atoms with Crippen LogP contribution in [0.4, 0.5) is 0 Å². The van der Waals surface area contributed by atoms with Crippen LogP contribution in [0.3, 0.4) is 0 Å². The molecule has 1 N–H and O–H groups in total. The molecule has 1 heterocycles. The van der Waals surface area contributed by atoms with Gasteiger partial charge < -0.3 is 10.1 Å². The largest absolute Gasteiger partial charge is 0.481 e. The van der Waals surface area contributed by atoms with Gasteiger partial charge in [0.1, 0.15) is 5.75 Å². The van der Waals surface area contributed by atoms with E-state index in [1.807, 2.05) is 49.4 Å². The number of hydrogen-bond acceptors (Lipinski definition) is 3. The van der Waals surface area contributed by atoms with Crippen LogP contribution in [0, 0.1) is 0 Å². The van der Waals surface area contributed by atoms with Crippen LogP contribution in [0.1, 0.15) is 25.5 Å². The summed E-state index contributed by atoms with van der Waals surface area (Å²) >= 11 is 0. The molecule has 0 fully saturated rings. The Balaban J connectivity index is 1.91. The fraction of sp³-hybridized carbons (Fsp3) is 0.250.